The number of anilines is 1. The first-order valence-electron chi connectivity index (χ1n) is 6.17. The second-order valence-corrected chi connectivity index (χ2v) is 5.61. The van der Waals surface area contributed by atoms with E-state index >= 15 is 0 Å². The molecule has 8 nitrogen and oxygen atoms in total. The number of amides is 1. The molecule has 0 fully saturated rings. The van der Waals surface area contributed by atoms with Gasteiger partial charge in [-0.25, -0.2) is 9.52 Å². The normalized spacial score (nSPS) is 10.8. The second kappa shape index (κ2) is 7.70. The molecule has 0 saturated carbocycles. The molecule has 0 spiro atoms. The highest BCUT2D eigenvalue weighted by Crippen LogP contribution is 2.21. The zero-order chi connectivity index (χ0) is 15.9. The molecule has 3 N–H and O–H groups in total. The molecule has 0 aliphatic carbocycles. The van der Waals surface area contributed by atoms with Crippen LogP contribution < -0.4 is 19.5 Å². The zero-order valence-corrected chi connectivity index (χ0v) is 12.7. The summed E-state index contributed by atoms with van der Waals surface area (Å²) in [6, 6.07) is 6.40. The third-order valence-corrected chi connectivity index (χ3v) is 4.01. The summed E-state index contributed by atoms with van der Waals surface area (Å²) in [5.41, 5.74) is 5.81. The van der Waals surface area contributed by atoms with E-state index in [1.807, 2.05) is 0 Å². The van der Waals surface area contributed by atoms with E-state index in [-0.39, 0.29) is 6.54 Å². The Balaban J connectivity index is 3.05. The molecule has 0 heterocycles. The van der Waals surface area contributed by atoms with Crippen LogP contribution in [0.2, 0.25) is 0 Å². The van der Waals surface area contributed by atoms with Crippen molar-refractivity contribution < 1.29 is 22.7 Å². The van der Waals surface area contributed by atoms with Crippen LogP contribution in [-0.2, 0) is 14.9 Å². The molecule has 0 unspecified atom stereocenters. The Kier molecular flexibility index (Phi) is 6.25. The Bertz CT molecular complexity index is 559. The maximum Gasteiger partial charge on any atom is 0.422 e. The maximum absolute atomic E-state index is 12.2. The molecule has 0 aliphatic heterocycles. The van der Waals surface area contributed by atoms with Gasteiger partial charge in [0.2, 0.25) is 0 Å². The predicted molar refractivity (Wildman–Crippen MR) is 78.5 cm³/mol. The summed E-state index contributed by atoms with van der Waals surface area (Å²) in [5, 5.41) is 0. The summed E-state index contributed by atoms with van der Waals surface area (Å²) < 4.78 is 36.6. The van der Waals surface area contributed by atoms with Crippen LogP contribution in [0.25, 0.3) is 0 Å². The van der Waals surface area contributed by atoms with Crippen molar-refractivity contribution in [2.75, 3.05) is 31.6 Å². The van der Waals surface area contributed by atoms with E-state index in [4.69, 9.17) is 10.5 Å². The summed E-state index contributed by atoms with van der Waals surface area (Å²) in [6.45, 7) is 0.454. The largest absolute Gasteiger partial charge is 0.497 e. The number of nitrogens with one attached hydrogen (secondary N) is 1. The Morgan fingerprint density at radius 1 is 1.29 bits per heavy atom. The van der Waals surface area contributed by atoms with Crippen LogP contribution in [0.4, 0.5) is 10.5 Å². The van der Waals surface area contributed by atoms with Gasteiger partial charge >= 0.3 is 16.3 Å². The Morgan fingerprint density at radius 2 is 1.90 bits per heavy atom. The third kappa shape index (κ3) is 4.80. The van der Waals surface area contributed by atoms with Gasteiger partial charge in [-0.15, -0.1) is 0 Å². The van der Waals surface area contributed by atoms with Gasteiger partial charge in [-0.1, -0.05) is 0 Å². The summed E-state index contributed by atoms with van der Waals surface area (Å²) in [7, 11) is -1.47. The molecule has 9 heteroatoms. The Hall–Kier alpha value is -2.00. The van der Waals surface area contributed by atoms with Crippen LogP contribution in [0.5, 0.6) is 5.75 Å². The van der Waals surface area contributed by atoms with E-state index in [0.717, 1.165) is 11.4 Å². The molecule has 0 saturated heterocycles. The molecule has 1 amide bonds. The van der Waals surface area contributed by atoms with Crippen molar-refractivity contribution >= 4 is 22.0 Å². The average Bonchev–Trinajstić information content (AvgIpc) is 2.47. The number of rotatable bonds is 7. The van der Waals surface area contributed by atoms with Crippen molar-refractivity contribution in [3.63, 3.8) is 0 Å². The van der Waals surface area contributed by atoms with E-state index in [2.05, 4.69) is 4.74 Å². The third-order valence-electron chi connectivity index (χ3n) is 2.61. The highest BCUT2D eigenvalue weighted by molar-refractivity contribution is 7.91. The number of benzene rings is 1. The van der Waals surface area contributed by atoms with Gasteiger partial charge in [0.25, 0.3) is 0 Å². The number of ether oxygens (including phenoxy) is 2. The number of carbonyl (C=O) groups excluding carboxylic acids is 1. The highest BCUT2D eigenvalue weighted by Gasteiger charge is 2.24. The van der Waals surface area contributed by atoms with Crippen LogP contribution in [-0.4, -0.2) is 41.8 Å². The smallest absolute Gasteiger partial charge is 0.422 e. The van der Waals surface area contributed by atoms with E-state index in [9.17, 15) is 13.2 Å². The molecule has 1 aromatic rings. The van der Waals surface area contributed by atoms with Gasteiger partial charge < -0.3 is 15.2 Å². The van der Waals surface area contributed by atoms with Crippen molar-refractivity contribution in [2.24, 2.45) is 5.73 Å². The lowest BCUT2D eigenvalue weighted by molar-refractivity contribution is 0.177. The van der Waals surface area contributed by atoms with Crippen molar-refractivity contribution in [1.29, 1.82) is 0 Å². The number of methoxy groups -OCH3 is 2. The van der Waals surface area contributed by atoms with E-state index in [0.29, 0.717) is 24.4 Å². The van der Waals surface area contributed by atoms with Crippen molar-refractivity contribution in [1.82, 2.24) is 4.72 Å². The first-order valence-corrected chi connectivity index (χ1v) is 7.61. The monoisotopic (exact) mass is 317 g/mol. The van der Waals surface area contributed by atoms with Gasteiger partial charge in [0, 0.05) is 6.54 Å². The summed E-state index contributed by atoms with van der Waals surface area (Å²) >= 11 is 0. The molecule has 0 aromatic heterocycles. The Morgan fingerprint density at radius 3 is 2.38 bits per heavy atom. The lowest BCUT2D eigenvalue weighted by Crippen LogP contribution is -2.44. The fourth-order valence-corrected chi connectivity index (χ4v) is 2.75. The molecule has 1 rings (SSSR count). The van der Waals surface area contributed by atoms with E-state index in [1.165, 1.54) is 7.11 Å². The molecule has 0 bridgehead atoms. The maximum atomic E-state index is 12.2. The zero-order valence-electron chi connectivity index (χ0n) is 11.9. The molecular weight excluding hydrogens is 298 g/mol. The van der Waals surface area contributed by atoms with Gasteiger partial charge in [-0.05, 0) is 37.2 Å². The number of nitrogens with zero attached hydrogens (tertiary/aromatic N) is 1. The summed E-state index contributed by atoms with van der Waals surface area (Å²) in [6.07, 6.45) is -0.616. The van der Waals surface area contributed by atoms with E-state index in [1.54, 1.807) is 29.0 Å². The summed E-state index contributed by atoms with van der Waals surface area (Å²) in [4.78, 5) is 11.2. The van der Waals surface area contributed by atoms with Gasteiger partial charge in [-0.2, -0.15) is 8.42 Å². The molecule has 0 atom stereocenters. The highest BCUT2D eigenvalue weighted by atomic mass is 32.2. The standard InChI is InChI=1S/C12H19N3O5S/c1-19-11-6-4-10(5-7-11)15(9-3-8-13)21(17,18)14-12(16)20-2/h4-7H,3,8-9,13H2,1-2H3,(H,14,16). The van der Waals surface area contributed by atoms with Crippen LogP contribution >= 0.6 is 0 Å². The lowest BCUT2D eigenvalue weighted by atomic mass is 10.3. The van der Waals surface area contributed by atoms with Crippen LogP contribution in [0.3, 0.4) is 0 Å². The molecule has 118 valence electrons. The number of carbonyl (C=O) groups is 1. The quantitative estimate of drug-likeness (QED) is 0.755. The fraction of sp³-hybridized carbons (Fsp3) is 0.417. The second-order valence-electron chi connectivity index (χ2n) is 4.01. The molecule has 1 aromatic carbocycles. The van der Waals surface area contributed by atoms with Gasteiger partial charge in [0.15, 0.2) is 0 Å². The molecular formula is C12H19N3O5S. The SMILES string of the molecule is COC(=O)NS(=O)(=O)N(CCCN)c1ccc(OC)cc1. The first-order chi connectivity index (χ1) is 9.94. The predicted octanol–water partition coefficient (Wildman–Crippen LogP) is 0.451. The minimum atomic E-state index is -4.07. The van der Waals surface area contributed by atoms with Crippen molar-refractivity contribution in [2.45, 2.75) is 6.42 Å². The average molecular weight is 317 g/mol. The van der Waals surface area contributed by atoms with E-state index < -0.39 is 16.3 Å². The minimum Gasteiger partial charge on any atom is -0.497 e. The van der Waals surface area contributed by atoms with Gasteiger partial charge in [-0.3, -0.25) is 4.31 Å². The first kappa shape index (κ1) is 17.1. The Labute approximate surface area is 124 Å². The van der Waals surface area contributed by atoms with Gasteiger partial charge in [0.1, 0.15) is 5.75 Å². The van der Waals surface area contributed by atoms with Crippen molar-refractivity contribution in [3.8, 4) is 5.75 Å². The molecule has 21 heavy (non-hydrogen) atoms. The molecule has 0 radical (unpaired) electrons. The van der Waals surface area contributed by atoms with Gasteiger partial charge in [0.05, 0.1) is 19.9 Å². The van der Waals surface area contributed by atoms with Crippen LogP contribution in [0.15, 0.2) is 24.3 Å². The molecule has 0 aliphatic rings. The summed E-state index contributed by atoms with van der Waals surface area (Å²) in [5.74, 6) is 0.593. The van der Waals surface area contributed by atoms with Crippen LogP contribution in [0.1, 0.15) is 6.42 Å². The lowest BCUT2D eigenvalue weighted by Gasteiger charge is -2.24. The number of nitrogens with two attached hydrogens (primary N) is 1. The van der Waals surface area contributed by atoms with Crippen molar-refractivity contribution in [3.05, 3.63) is 24.3 Å². The number of hydrogen-bond donors (Lipinski definition) is 2. The fourth-order valence-electron chi connectivity index (χ4n) is 1.57. The van der Waals surface area contributed by atoms with Crippen LogP contribution in [0, 0.1) is 0 Å². The number of hydrogen-bond acceptors (Lipinski definition) is 6. The minimum absolute atomic E-state index is 0.134. The topological polar surface area (TPSA) is 111 Å².